The van der Waals surface area contributed by atoms with Crippen molar-refractivity contribution in [3.8, 4) is 0 Å². The molecule has 10 heteroatoms. The van der Waals surface area contributed by atoms with Crippen molar-refractivity contribution in [2.75, 3.05) is 0 Å². The van der Waals surface area contributed by atoms with Gasteiger partial charge in [-0.2, -0.15) is 0 Å². The van der Waals surface area contributed by atoms with Gasteiger partial charge in [0.15, 0.2) is 0 Å². The van der Waals surface area contributed by atoms with E-state index in [-0.39, 0.29) is 57.9 Å². The Hall–Kier alpha value is -3.95. The maximum Gasteiger partial charge on any atom is 0.334 e. The highest BCUT2D eigenvalue weighted by atomic mass is 16.6. The summed E-state index contributed by atoms with van der Waals surface area (Å²) in [5, 5.41) is 0. The minimum absolute atomic E-state index is 0.114. The minimum atomic E-state index is -0.378. The number of rotatable bonds is 10. The van der Waals surface area contributed by atoms with Crippen LogP contribution in [-0.4, -0.2) is 57.9 Å². The van der Waals surface area contributed by atoms with Crippen molar-refractivity contribution in [2.24, 2.45) is 0 Å². The van der Waals surface area contributed by atoms with E-state index in [9.17, 15) is 24.0 Å². The molecule has 0 saturated heterocycles. The average Bonchev–Trinajstić information content (AvgIpc) is 4.01. The molecule has 7 rings (SSSR count). The number of carbonyl (C=O) groups is 5. The molecule has 2 spiro atoms. The smallest absolute Gasteiger partial charge is 0.334 e. The fraction of sp³-hybridized carbons (Fsp3) is 0.700. The molecule has 0 amide bonds. The number of carbonyl (C=O) groups excluding carboxylic acids is 5. The van der Waals surface area contributed by atoms with Crippen LogP contribution in [0, 0.1) is 0 Å². The highest BCUT2D eigenvalue weighted by Gasteiger charge is 2.41. The van der Waals surface area contributed by atoms with Gasteiger partial charge in [-0.3, -0.25) is 0 Å². The molecule has 0 aromatic heterocycles. The third-order valence-corrected chi connectivity index (χ3v) is 12.0. The van der Waals surface area contributed by atoms with Gasteiger partial charge in [0.1, 0.15) is 28.0 Å². The monoisotopic (exact) mass is 837 g/mol. The molecular formula is C50H76O10. The molecule has 2 aliphatic carbocycles. The van der Waals surface area contributed by atoms with E-state index < -0.39 is 0 Å². The predicted octanol–water partition coefficient (Wildman–Crippen LogP) is 11.7. The quantitative estimate of drug-likeness (QED) is 0.119. The highest BCUT2D eigenvalue weighted by molar-refractivity contribution is 5.93. The lowest BCUT2D eigenvalue weighted by Crippen LogP contribution is -2.30. The normalized spacial score (nSPS) is 23.0. The van der Waals surface area contributed by atoms with Crippen molar-refractivity contribution in [2.45, 2.75) is 226 Å². The number of cyclic esters (lactones) is 3. The van der Waals surface area contributed by atoms with Crippen molar-refractivity contribution >= 4 is 29.8 Å². The van der Waals surface area contributed by atoms with Crippen LogP contribution in [0.2, 0.25) is 0 Å². The summed E-state index contributed by atoms with van der Waals surface area (Å²) in [5.41, 5.74) is 2.62. The molecule has 0 bridgehead atoms. The first-order chi connectivity index (χ1) is 28.2. The van der Waals surface area contributed by atoms with E-state index in [0.717, 1.165) is 98.5 Å². The van der Waals surface area contributed by atoms with Crippen LogP contribution in [-0.2, 0) is 47.7 Å². The maximum absolute atomic E-state index is 11.4. The minimum Gasteiger partial charge on any atom is -0.452 e. The van der Waals surface area contributed by atoms with Crippen LogP contribution < -0.4 is 0 Å². The Morgan fingerprint density at radius 2 is 0.817 bits per heavy atom. The zero-order chi connectivity index (χ0) is 44.8. The van der Waals surface area contributed by atoms with Crippen molar-refractivity contribution in [3.63, 3.8) is 0 Å². The third-order valence-electron chi connectivity index (χ3n) is 12.0. The Labute approximate surface area is 361 Å². The predicted molar refractivity (Wildman–Crippen MR) is 235 cm³/mol. The van der Waals surface area contributed by atoms with Crippen LogP contribution >= 0.6 is 0 Å². The Bertz CT molecular complexity index is 1650. The van der Waals surface area contributed by atoms with Crippen LogP contribution in [0.5, 0.6) is 0 Å². The first-order valence-electron chi connectivity index (χ1n) is 22.9. The molecule has 7 aliphatic rings. The molecule has 336 valence electrons. The molecule has 60 heavy (non-hydrogen) atoms. The lowest BCUT2D eigenvalue weighted by molar-refractivity contribution is -0.149. The lowest BCUT2D eigenvalue weighted by Gasteiger charge is -2.30. The number of unbranched alkanes of at least 4 members (excludes halogenated alkanes) is 4. The second kappa shape index (κ2) is 22.2. The van der Waals surface area contributed by atoms with Crippen LogP contribution in [0.1, 0.15) is 198 Å². The van der Waals surface area contributed by atoms with E-state index in [2.05, 4.69) is 13.8 Å². The van der Waals surface area contributed by atoms with E-state index in [1.54, 1.807) is 6.92 Å². The van der Waals surface area contributed by atoms with Gasteiger partial charge in [-0.1, -0.05) is 59.8 Å². The largest absolute Gasteiger partial charge is 0.452 e. The summed E-state index contributed by atoms with van der Waals surface area (Å²) in [6.07, 6.45) is 30.5. The van der Waals surface area contributed by atoms with Gasteiger partial charge in [0, 0.05) is 27.9 Å². The van der Waals surface area contributed by atoms with E-state index in [4.69, 9.17) is 23.7 Å². The molecule has 5 heterocycles. The molecule has 5 aliphatic heterocycles. The molecular weight excluding hydrogens is 761 g/mol. The third kappa shape index (κ3) is 14.9. The number of hydrogen-bond donors (Lipinski definition) is 0. The van der Waals surface area contributed by atoms with Gasteiger partial charge in [-0.05, 0) is 169 Å². The number of esters is 5. The van der Waals surface area contributed by atoms with Crippen LogP contribution in [0.15, 0.2) is 58.2 Å². The summed E-state index contributed by atoms with van der Waals surface area (Å²) in [6.45, 7) is 21.5. The second-order valence-electron chi connectivity index (χ2n) is 18.6. The highest BCUT2D eigenvalue weighted by Crippen LogP contribution is 2.40. The molecule has 0 N–H and O–H groups in total. The standard InChI is InChI=1S/C12H20O2.C10H14O2.C10H16O2.C9H12O2.C9H14O2/c1-4-5-6-7-8-10-9-12(2,3)14-11(10)13;1-8-7-10(12-9(8)11)5-3-2-4-6-10;1-4-5-6-8-7-10(2,3)12-9(8)11;1-7-6-9(11-8(7)10)4-2-3-5-9;1-4-9(5-2)6-7(3)8(10)11-9/h9H,4-8H2,1-3H3;7H,2-6H2,1H3;7H,4-6H2,1-3H3;6H,2-5H2,1H3;6H,4-5H2,1-3H3. The van der Waals surface area contributed by atoms with E-state index >= 15 is 0 Å². The zero-order valence-corrected chi connectivity index (χ0v) is 38.9. The van der Waals surface area contributed by atoms with Gasteiger partial charge in [0.05, 0.1) is 0 Å². The summed E-state index contributed by atoms with van der Waals surface area (Å²) < 4.78 is 26.2. The van der Waals surface area contributed by atoms with Crippen LogP contribution in [0.25, 0.3) is 0 Å². The van der Waals surface area contributed by atoms with Crippen molar-refractivity contribution < 1.29 is 47.7 Å². The summed E-state index contributed by atoms with van der Waals surface area (Å²) in [6, 6.07) is 0. The zero-order valence-electron chi connectivity index (χ0n) is 38.9. The van der Waals surface area contributed by atoms with Crippen LogP contribution in [0.4, 0.5) is 0 Å². The van der Waals surface area contributed by atoms with Crippen molar-refractivity contribution in [3.05, 3.63) is 58.2 Å². The van der Waals surface area contributed by atoms with E-state index in [0.29, 0.717) is 0 Å². The molecule has 10 nitrogen and oxygen atoms in total. The first kappa shape index (κ1) is 50.4. The molecule has 0 aromatic rings. The fourth-order valence-electron chi connectivity index (χ4n) is 8.54. The number of ether oxygens (including phenoxy) is 5. The molecule has 2 fully saturated rings. The molecule has 2 saturated carbocycles. The van der Waals surface area contributed by atoms with Gasteiger partial charge in [0.25, 0.3) is 0 Å². The van der Waals surface area contributed by atoms with E-state index in [1.165, 1.54) is 51.4 Å². The average molecular weight is 837 g/mol. The maximum atomic E-state index is 11.4. The Morgan fingerprint density at radius 3 is 1.12 bits per heavy atom. The Kier molecular flexibility index (Phi) is 18.7. The summed E-state index contributed by atoms with van der Waals surface area (Å²) >= 11 is 0. The van der Waals surface area contributed by atoms with Gasteiger partial charge >= 0.3 is 29.8 Å². The van der Waals surface area contributed by atoms with E-state index in [1.807, 2.05) is 85.8 Å². The fourth-order valence-corrected chi connectivity index (χ4v) is 8.54. The second-order valence-corrected chi connectivity index (χ2v) is 18.6. The van der Waals surface area contributed by atoms with Gasteiger partial charge in [-0.25, -0.2) is 24.0 Å². The first-order valence-corrected chi connectivity index (χ1v) is 22.9. The number of hydrogen-bond acceptors (Lipinski definition) is 10. The Morgan fingerprint density at radius 1 is 0.433 bits per heavy atom. The SMILES string of the molecule is CC1=CC2(CCCC2)OC1=O.CC1=CC2(CCCCC2)OC1=O.CCC1(CC)C=C(C)C(=O)O1.CCCCC1=CC(C)(C)OC1=O.CCCCCCC1=CC(C)(C)OC1=O. The van der Waals surface area contributed by atoms with Crippen molar-refractivity contribution in [1.82, 2.24) is 0 Å². The Balaban J connectivity index is 0.000000201. The summed E-state index contributed by atoms with van der Waals surface area (Å²) in [4.78, 5) is 55.8. The van der Waals surface area contributed by atoms with Crippen LogP contribution in [0.3, 0.4) is 0 Å². The molecule has 0 radical (unpaired) electrons. The summed E-state index contributed by atoms with van der Waals surface area (Å²) in [7, 11) is 0. The summed E-state index contributed by atoms with van der Waals surface area (Å²) in [5.74, 6) is -0.641. The molecule has 0 aromatic carbocycles. The lowest BCUT2D eigenvalue weighted by atomic mass is 9.85. The topological polar surface area (TPSA) is 132 Å². The van der Waals surface area contributed by atoms with Crippen molar-refractivity contribution in [1.29, 1.82) is 0 Å². The molecule has 0 atom stereocenters. The van der Waals surface area contributed by atoms with Gasteiger partial charge < -0.3 is 23.7 Å². The molecule has 0 unspecified atom stereocenters. The van der Waals surface area contributed by atoms with Gasteiger partial charge in [-0.15, -0.1) is 0 Å². The van der Waals surface area contributed by atoms with Gasteiger partial charge in [0.2, 0.25) is 0 Å².